The molecule has 18 heavy (non-hydrogen) atoms. The van der Waals surface area contributed by atoms with Gasteiger partial charge in [-0.25, -0.2) is 0 Å². The summed E-state index contributed by atoms with van der Waals surface area (Å²) in [6, 6.07) is 11.6. The van der Waals surface area contributed by atoms with Gasteiger partial charge in [-0.05, 0) is 30.7 Å². The number of hydrogen-bond acceptors (Lipinski definition) is 4. The van der Waals surface area contributed by atoms with Crippen molar-refractivity contribution in [3.63, 3.8) is 0 Å². The molecular formula is C14H16N2OS. The largest absolute Gasteiger partial charge is 0.493 e. The lowest BCUT2D eigenvalue weighted by molar-refractivity contribution is 0.319. The molecule has 1 aromatic carbocycles. The van der Waals surface area contributed by atoms with Crippen LogP contribution in [-0.4, -0.2) is 17.3 Å². The maximum absolute atomic E-state index is 5.67. The van der Waals surface area contributed by atoms with Crippen LogP contribution in [-0.2, 0) is 0 Å². The zero-order chi connectivity index (χ0) is 12.6. The van der Waals surface area contributed by atoms with Crippen LogP contribution in [0.4, 0.5) is 5.69 Å². The van der Waals surface area contributed by atoms with E-state index >= 15 is 0 Å². The molecule has 94 valence electrons. The molecule has 0 saturated heterocycles. The highest BCUT2D eigenvalue weighted by atomic mass is 32.2. The summed E-state index contributed by atoms with van der Waals surface area (Å²) in [5.74, 6) is 1.87. The molecular weight excluding hydrogens is 244 g/mol. The van der Waals surface area contributed by atoms with Crippen LogP contribution >= 0.6 is 11.8 Å². The minimum absolute atomic E-state index is 0.710. The summed E-state index contributed by atoms with van der Waals surface area (Å²) in [4.78, 5) is 5.23. The van der Waals surface area contributed by atoms with E-state index in [-0.39, 0.29) is 0 Å². The highest BCUT2D eigenvalue weighted by Crippen LogP contribution is 2.18. The molecule has 1 heterocycles. The first-order valence-electron chi connectivity index (χ1n) is 5.86. The molecule has 0 atom stereocenters. The lowest BCUT2D eigenvalue weighted by Crippen LogP contribution is -1.99. The summed E-state index contributed by atoms with van der Waals surface area (Å²) in [7, 11) is 0. The predicted molar refractivity (Wildman–Crippen MR) is 75.9 cm³/mol. The normalized spacial score (nSPS) is 10.2. The Balaban J connectivity index is 1.65. The Morgan fingerprint density at radius 1 is 1.17 bits per heavy atom. The van der Waals surface area contributed by atoms with Gasteiger partial charge in [-0.2, -0.15) is 0 Å². The Morgan fingerprint density at radius 3 is 2.78 bits per heavy atom. The number of nitrogens with two attached hydrogens (primary N) is 1. The molecule has 2 N–H and O–H groups in total. The number of nitrogens with zero attached hydrogens (tertiary/aromatic N) is 1. The smallest absolute Gasteiger partial charge is 0.121 e. The number of rotatable bonds is 6. The number of anilines is 1. The molecule has 0 aliphatic rings. The minimum Gasteiger partial charge on any atom is -0.493 e. The fourth-order valence-electron chi connectivity index (χ4n) is 1.48. The zero-order valence-corrected chi connectivity index (χ0v) is 10.9. The summed E-state index contributed by atoms with van der Waals surface area (Å²) in [6.07, 6.45) is 4.62. The third kappa shape index (κ3) is 4.30. The summed E-state index contributed by atoms with van der Waals surface area (Å²) in [5.41, 5.74) is 6.41. The molecule has 2 aromatic rings. The van der Waals surface area contributed by atoms with Crippen molar-refractivity contribution >= 4 is 17.4 Å². The van der Waals surface area contributed by atoms with Crippen molar-refractivity contribution in [3.05, 3.63) is 48.8 Å². The monoisotopic (exact) mass is 260 g/mol. The fourth-order valence-corrected chi connectivity index (χ4v) is 2.29. The van der Waals surface area contributed by atoms with Gasteiger partial charge < -0.3 is 10.5 Å². The van der Waals surface area contributed by atoms with Crippen molar-refractivity contribution in [1.29, 1.82) is 0 Å². The fraction of sp³-hybridized carbons (Fsp3) is 0.214. The molecule has 1 aromatic heterocycles. The molecule has 0 aliphatic heterocycles. The van der Waals surface area contributed by atoms with E-state index in [1.54, 1.807) is 0 Å². The van der Waals surface area contributed by atoms with Crippen LogP contribution < -0.4 is 10.5 Å². The van der Waals surface area contributed by atoms with Crippen molar-refractivity contribution in [1.82, 2.24) is 4.98 Å². The molecule has 0 saturated carbocycles. The Bertz CT molecular complexity index is 476. The van der Waals surface area contributed by atoms with Gasteiger partial charge in [0.1, 0.15) is 5.75 Å². The zero-order valence-electron chi connectivity index (χ0n) is 10.1. The highest BCUT2D eigenvalue weighted by Gasteiger charge is 1.96. The lowest BCUT2D eigenvalue weighted by Gasteiger charge is -2.06. The first kappa shape index (κ1) is 12.8. The standard InChI is InChI=1S/C14H16N2OS/c15-12-3-1-4-13(11-12)17-9-2-10-18-14-5-7-16-8-6-14/h1,3-8,11H,2,9-10,15H2. The van der Waals surface area contributed by atoms with E-state index < -0.39 is 0 Å². The van der Waals surface area contributed by atoms with Crippen LogP contribution in [0, 0.1) is 0 Å². The number of aromatic nitrogens is 1. The van der Waals surface area contributed by atoms with Gasteiger partial charge in [-0.15, -0.1) is 11.8 Å². The number of ether oxygens (including phenoxy) is 1. The van der Waals surface area contributed by atoms with Gasteiger partial charge in [-0.1, -0.05) is 6.07 Å². The van der Waals surface area contributed by atoms with Crippen molar-refractivity contribution in [2.75, 3.05) is 18.1 Å². The summed E-state index contributed by atoms with van der Waals surface area (Å²) in [5, 5.41) is 0. The SMILES string of the molecule is Nc1cccc(OCCCSc2ccncc2)c1. The van der Waals surface area contributed by atoms with Gasteiger partial charge in [0.2, 0.25) is 0 Å². The van der Waals surface area contributed by atoms with Crippen LogP contribution in [0.2, 0.25) is 0 Å². The average Bonchev–Trinajstić information content (AvgIpc) is 2.40. The highest BCUT2D eigenvalue weighted by molar-refractivity contribution is 7.99. The number of nitrogen functional groups attached to an aromatic ring is 1. The van der Waals surface area contributed by atoms with Gasteiger partial charge in [0.25, 0.3) is 0 Å². The molecule has 0 radical (unpaired) electrons. The van der Waals surface area contributed by atoms with Crippen molar-refractivity contribution in [3.8, 4) is 5.75 Å². The first-order valence-corrected chi connectivity index (χ1v) is 6.84. The van der Waals surface area contributed by atoms with E-state index in [2.05, 4.69) is 4.98 Å². The van der Waals surface area contributed by atoms with Gasteiger partial charge in [0.15, 0.2) is 0 Å². The van der Waals surface area contributed by atoms with Gasteiger partial charge in [0.05, 0.1) is 6.61 Å². The molecule has 0 amide bonds. The molecule has 0 aliphatic carbocycles. The molecule has 4 heteroatoms. The maximum atomic E-state index is 5.67. The molecule has 0 fully saturated rings. The molecule has 3 nitrogen and oxygen atoms in total. The summed E-state index contributed by atoms with van der Waals surface area (Å²) in [6.45, 7) is 0.710. The molecule has 0 spiro atoms. The van der Waals surface area contributed by atoms with E-state index in [0.29, 0.717) is 6.61 Å². The Kier molecular flexibility index (Phi) is 4.90. The van der Waals surface area contributed by atoms with Crippen molar-refractivity contribution in [2.24, 2.45) is 0 Å². The number of thioether (sulfide) groups is 1. The van der Waals surface area contributed by atoms with Crippen molar-refractivity contribution < 1.29 is 4.74 Å². The van der Waals surface area contributed by atoms with Crippen LogP contribution in [0.1, 0.15) is 6.42 Å². The van der Waals surface area contributed by atoms with Gasteiger partial charge in [0, 0.05) is 34.8 Å². The number of pyridine rings is 1. The van der Waals surface area contributed by atoms with Crippen LogP contribution in [0.25, 0.3) is 0 Å². The van der Waals surface area contributed by atoms with E-state index in [1.165, 1.54) is 4.90 Å². The summed E-state index contributed by atoms with van der Waals surface area (Å²) < 4.78 is 5.62. The van der Waals surface area contributed by atoms with Crippen LogP contribution in [0.5, 0.6) is 5.75 Å². The number of benzene rings is 1. The Hall–Kier alpha value is -1.68. The van der Waals surface area contributed by atoms with Crippen LogP contribution in [0.15, 0.2) is 53.7 Å². The second-order valence-electron chi connectivity index (χ2n) is 3.81. The Labute approximate surface area is 111 Å². The van der Waals surface area contributed by atoms with E-state index in [1.807, 2.05) is 60.6 Å². The topological polar surface area (TPSA) is 48.1 Å². The second-order valence-corrected chi connectivity index (χ2v) is 4.97. The van der Waals surface area contributed by atoms with Gasteiger partial charge >= 0.3 is 0 Å². The first-order chi connectivity index (χ1) is 8.84. The van der Waals surface area contributed by atoms with E-state index in [4.69, 9.17) is 10.5 Å². The third-order valence-electron chi connectivity index (χ3n) is 2.33. The quantitative estimate of drug-likeness (QED) is 0.492. The lowest BCUT2D eigenvalue weighted by atomic mass is 10.3. The van der Waals surface area contributed by atoms with Crippen molar-refractivity contribution in [2.45, 2.75) is 11.3 Å². The maximum Gasteiger partial charge on any atom is 0.121 e. The minimum atomic E-state index is 0.710. The van der Waals surface area contributed by atoms with E-state index in [0.717, 1.165) is 23.6 Å². The predicted octanol–water partition coefficient (Wildman–Crippen LogP) is 3.23. The summed E-state index contributed by atoms with van der Waals surface area (Å²) >= 11 is 1.81. The Morgan fingerprint density at radius 2 is 2.00 bits per heavy atom. The molecule has 0 unspecified atom stereocenters. The third-order valence-corrected chi connectivity index (χ3v) is 3.43. The molecule has 2 rings (SSSR count). The van der Waals surface area contributed by atoms with Crippen LogP contribution in [0.3, 0.4) is 0 Å². The van der Waals surface area contributed by atoms with Gasteiger partial charge in [-0.3, -0.25) is 4.98 Å². The van der Waals surface area contributed by atoms with E-state index in [9.17, 15) is 0 Å². The second kappa shape index (κ2) is 6.91. The number of hydrogen-bond donors (Lipinski definition) is 1. The average molecular weight is 260 g/mol. The molecule has 0 bridgehead atoms.